The van der Waals surface area contributed by atoms with Gasteiger partial charge in [-0.3, -0.25) is 4.79 Å². The van der Waals surface area contributed by atoms with Crippen LogP contribution >= 0.6 is 0 Å². The van der Waals surface area contributed by atoms with Crippen LogP contribution in [0.2, 0.25) is 0 Å². The third-order valence-electron chi connectivity index (χ3n) is 4.71. The normalized spacial score (nSPS) is 12.3. The first-order valence-electron chi connectivity index (χ1n) is 9.33. The predicted octanol–water partition coefficient (Wildman–Crippen LogP) is 4.54. The SMILES string of the molecule is Cc1cc(-c2ncco2)ccc1CC(=O)CCCCCS(=O)(=O)C(C)(C)C. The van der Waals surface area contributed by atoms with Gasteiger partial charge in [0.2, 0.25) is 5.89 Å². The lowest BCUT2D eigenvalue weighted by molar-refractivity contribution is -0.118. The zero-order valence-corrected chi connectivity index (χ0v) is 17.4. The lowest BCUT2D eigenvalue weighted by atomic mass is 9.98. The number of aromatic nitrogens is 1. The highest BCUT2D eigenvalue weighted by Crippen LogP contribution is 2.22. The molecule has 0 aliphatic carbocycles. The number of carbonyl (C=O) groups excluding carboxylic acids is 1. The van der Waals surface area contributed by atoms with Crippen LogP contribution in [0.1, 0.15) is 57.6 Å². The summed E-state index contributed by atoms with van der Waals surface area (Å²) in [5.41, 5.74) is 2.94. The molecule has 0 saturated carbocycles. The number of unbranched alkanes of at least 4 members (excludes halogenated alkanes) is 2. The second-order valence-corrected chi connectivity index (χ2v) is 10.8. The molecule has 0 amide bonds. The largest absolute Gasteiger partial charge is 0.445 e. The Hall–Kier alpha value is -1.95. The van der Waals surface area contributed by atoms with Gasteiger partial charge in [0.05, 0.1) is 16.7 Å². The summed E-state index contributed by atoms with van der Waals surface area (Å²) in [5.74, 6) is 0.938. The molecule has 0 fully saturated rings. The average molecular weight is 392 g/mol. The van der Waals surface area contributed by atoms with Crippen molar-refractivity contribution in [1.29, 1.82) is 0 Å². The summed E-state index contributed by atoms with van der Waals surface area (Å²) in [7, 11) is -3.07. The van der Waals surface area contributed by atoms with E-state index in [-0.39, 0.29) is 11.5 Å². The quantitative estimate of drug-likeness (QED) is 0.587. The van der Waals surface area contributed by atoms with Gasteiger partial charge >= 0.3 is 0 Å². The average Bonchev–Trinajstić information content (AvgIpc) is 3.09. The fraction of sp³-hybridized carbons (Fsp3) is 0.524. The molecular weight excluding hydrogens is 362 g/mol. The molecule has 0 saturated heterocycles. The van der Waals surface area contributed by atoms with Crippen LogP contribution in [0.15, 0.2) is 35.1 Å². The van der Waals surface area contributed by atoms with Gasteiger partial charge in [0.25, 0.3) is 0 Å². The van der Waals surface area contributed by atoms with Crippen molar-refractivity contribution >= 4 is 15.6 Å². The first-order chi connectivity index (χ1) is 12.6. The zero-order chi connectivity index (χ0) is 20.1. The predicted molar refractivity (Wildman–Crippen MR) is 107 cm³/mol. The van der Waals surface area contributed by atoms with Crippen LogP contribution < -0.4 is 0 Å². The first kappa shape index (κ1) is 21.4. The standard InChI is InChI=1S/C21H29NO4S/c1-16-14-18(20-22-11-12-26-20)10-9-17(16)15-19(23)8-6-5-7-13-27(24,25)21(2,3)4/h9-12,14H,5-8,13,15H2,1-4H3. The lowest BCUT2D eigenvalue weighted by Gasteiger charge is -2.18. The second-order valence-electron chi connectivity index (χ2n) is 7.94. The highest BCUT2D eigenvalue weighted by atomic mass is 32.2. The number of sulfone groups is 1. The van der Waals surface area contributed by atoms with Crippen LogP contribution in [0.4, 0.5) is 0 Å². The van der Waals surface area contributed by atoms with Crippen LogP contribution in [0.5, 0.6) is 0 Å². The van der Waals surface area contributed by atoms with Crippen molar-refractivity contribution in [2.75, 3.05) is 5.75 Å². The number of hydrogen-bond acceptors (Lipinski definition) is 5. The van der Waals surface area contributed by atoms with E-state index in [0.29, 0.717) is 25.2 Å². The molecule has 1 aromatic heterocycles. The third kappa shape index (κ3) is 6.03. The molecule has 5 nitrogen and oxygen atoms in total. The molecule has 0 aliphatic heterocycles. The van der Waals surface area contributed by atoms with Gasteiger partial charge in [0.1, 0.15) is 12.0 Å². The number of aryl methyl sites for hydroxylation is 1. The molecule has 1 heterocycles. The molecule has 0 radical (unpaired) electrons. The van der Waals surface area contributed by atoms with Gasteiger partial charge in [-0.05, 0) is 63.8 Å². The monoisotopic (exact) mass is 391 g/mol. The van der Waals surface area contributed by atoms with Crippen LogP contribution in [-0.4, -0.2) is 29.7 Å². The van der Waals surface area contributed by atoms with Crippen molar-refractivity contribution in [2.24, 2.45) is 0 Å². The van der Waals surface area contributed by atoms with E-state index < -0.39 is 14.6 Å². The molecule has 148 valence electrons. The maximum Gasteiger partial charge on any atom is 0.225 e. The van der Waals surface area contributed by atoms with E-state index in [1.54, 1.807) is 27.0 Å². The van der Waals surface area contributed by atoms with Crippen molar-refractivity contribution < 1.29 is 17.6 Å². The summed E-state index contributed by atoms with van der Waals surface area (Å²) in [6.45, 7) is 7.15. The van der Waals surface area contributed by atoms with E-state index in [0.717, 1.165) is 29.5 Å². The summed E-state index contributed by atoms with van der Waals surface area (Å²) in [5, 5.41) is 0. The Morgan fingerprint density at radius 3 is 2.48 bits per heavy atom. The summed E-state index contributed by atoms with van der Waals surface area (Å²) in [4.78, 5) is 16.4. The lowest BCUT2D eigenvalue weighted by Crippen LogP contribution is -2.30. The van der Waals surface area contributed by atoms with E-state index in [2.05, 4.69) is 4.98 Å². The number of carbonyl (C=O) groups is 1. The van der Waals surface area contributed by atoms with Crippen molar-refractivity contribution in [3.63, 3.8) is 0 Å². The Kier molecular flexibility index (Phi) is 6.98. The van der Waals surface area contributed by atoms with Crippen molar-refractivity contribution in [3.8, 4) is 11.5 Å². The van der Waals surface area contributed by atoms with Gasteiger partial charge in [0.15, 0.2) is 9.84 Å². The molecule has 27 heavy (non-hydrogen) atoms. The smallest absolute Gasteiger partial charge is 0.225 e. The van der Waals surface area contributed by atoms with Crippen molar-refractivity contribution in [2.45, 2.75) is 64.5 Å². The summed E-state index contributed by atoms with van der Waals surface area (Å²) >= 11 is 0. The fourth-order valence-electron chi connectivity index (χ4n) is 2.79. The third-order valence-corrected chi connectivity index (χ3v) is 7.40. The van der Waals surface area contributed by atoms with Gasteiger partial charge in [-0.15, -0.1) is 0 Å². The molecular formula is C21H29NO4S. The van der Waals surface area contributed by atoms with Gasteiger partial charge in [-0.2, -0.15) is 0 Å². The number of Topliss-reactive ketones (excluding diaryl/α,β-unsaturated/α-hetero) is 1. The molecule has 1 aromatic carbocycles. The van der Waals surface area contributed by atoms with Gasteiger partial charge in [0, 0.05) is 18.4 Å². The Morgan fingerprint density at radius 1 is 1.15 bits per heavy atom. The second kappa shape index (κ2) is 8.83. The van der Waals surface area contributed by atoms with Crippen LogP contribution in [0, 0.1) is 6.92 Å². The molecule has 0 spiro atoms. The Labute approximate surface area is 162 Å². The van der Waals surface area contributed by atoms with Crippen LogP contribution in [-0.2, 0) is 21.1 Å². The maximum absolute atomic E-state index is 12.2. The van der Waals surface area contributed by atoms with Gasteiger partial charge in [-0.1, -0.05) is 12.5 Å². The number of rotatable bonds is 9. The van der Waals surface area contributed by atoms with E-state index in [4.69, 9.17) is 4.42 Å². The van der Waals surface area contributed by atoms with E-state index >= 15 is 0 Å². The highest BCUT2D eigenvalue weighted by molar-refractivity contribution is 7.92. The Balaban J connectivity index is 1.78. The van der Waals surface area contributed by atoms with Crippen LogP contribution in [0.3, 0.4) is 0 Å². The maximum atomic E-state index is 12.2. The van der Waals surface area contributed by atoms with Crippen LogP contribution in [0.25, 0.3) is 11.5 Å². The fourth-order valence-corrected chi connectivity index (χ4v) is 3.99. The summed E-state index contributed by atoms with van der Waals surface area (Å²) in [6.07, 6.45) is 6.12. The van der Waals surface area contributed by atoms with E-state index in [1.807, 2.05) is 25.1 Å². The highest BCUT2D eigenvalue weighted by Gasteiger charge is 2.27. The zero-order valence-electron chi connectivity index (χ0n) is 16.6. The Bertz CT molecular complexity index is 862. The molecule has 0 bridgehead atoms. The first-order valence-corrected chi connectivity index (χ1v) is 11.0. The summed E-state index contributed by atoms with van der Waals surface area (Å²) in [6, 6.07) is 5.84. The molecule has 0 unspecified atom stereocenters. The van der Waals surface area contributed by atoms with Crippen molar-refractivity contribution in [3.05, 3.63) is 41.8 Å². The number of hydrogen-bond donors (Lipinski definition) is 0. The number of nitrogens with zero attached hydrogens (tertiary/aromatic N) is 1. The van der Waals surface area contributed by atoms with E-state index in [1.165, 1.54) is 6.26 Å². The van der Waals surface area contributed by atoms with E-state index in [9.17, 15) is 13.2 Å². The minimum absolute atomic E-state index is 0.181. The number of oxazole rings is 1. The molecule has 2 aromatic rings. The van der Waals surface area contributed by atoms with Gasteiger partial charge in [-0.25, -0.2) is 13.4 Å². The minimum atomic E-state index is -3.07. The molecule has 6 heteroatoms. The number of benzene rings is 1. The molecule has 0 aliphatic rings. The topological polar surface area (TPSA) is 77.2 Å². The van der Waals surface area contributed by atoms with Crippen molar-refractivity contribution in [1.82, 2.24) is 4.98 Å². The molecule has 0 N–H and O–H groups in total. The molecule has 2 rings (SSSR count). The summed E-state index contributed by atoms with van der Waals surface area (Å²) < 4.78 is 28.7. The minimum Gasteiger partial charge on any atom is -0.445 e. The Morgan fingerprint density at radius 2 is 1.89 bits per heavy atom. The molecule has 0 atom stereocenters. The number of ketones is 1. The van der Waals surface area contributed by atoms with Gasteiger partial charge < -0.3 is 4.42 Å².